The van der Waals surface area contributed by atoms with Crippen LogP contribution in [0.1, 0.15) is 29.6 Å². The first-order chi connectivity index (χ1) is 9.95. The third-order valence-corrected chi connectivity index (χ3v) is 2.84. The first-order valence-corrected chi connectivity index (χ1v) is 6.71. The molecule has 114 valence electrons. The number of carboxylic acid groups (broad SMARTS) is 1. The van der Waals surface area contributed by atoms with Gasteiger partial charge in [0.15, 0.2) is 5.78 Å². The number of ketones is 1. The van der Waals surface area contributed by atoms with E-state index in [1.54, 1.807) is 0 Å². The molecule has 0 radical (unpaired) electrons. The zero-order valence-electron chi connectivity index (χ0n) is 11.1. The highest BCUT2D eigenvalue weighted by Crippen LogP contribution is 2.26. The molecule has 0 spiro atoms. The smallest absolute Gasteiger partial charge is 0.311 e. The summed E-state index contributed by atoms with van der Waals surface area (Å²) in [7, 11) is 0. The maximum atomic E-state index is 11.7. The summed E-state index contributed by atoms with van der Waals surface area (Å²) in [4.78, 5) is 32.4. The van der Waals surface area contributed by atoms with Crippen molar-refractivity contribution in [2.45, 2.75) is 19.3 Å². The third-order valence-electron chi connectivity index (χ3n) is 2.57. The van der Waals surface area contributed by atoms with Crippen molar-refractivity contribution >= 4 is 29.0 Å². The quantitative estimate of drug-likeness (QED) is 0.187. The maximum Gasteiger partial charge on any atom is 0.311 e. The third kappa shape index (κ3) is 5.39. The van der Waals surface area contributed by atoms with E-state index in [4.69, 9.17) is 21.4 Å². The average Bonchev–Trinajstić information content (AvgIpc) is 2.42. The molecule has 1 aromatic rings. The van der Waals surface area contributed by atoms with Crippen LogP contribution in [0.15, 0.2) is 18.2 Å². The van der Waals surface area contributed by atoms with E-state index in [1.165, 1.54) is 12.1 Å². The van der Waals surface area contributed by atoms with Crippen molar-refractivity contribution in [3.8, 4) is 5.75 Å². The molecule has 0 aromatic heterocycles. The van der Waals surface area contributed by atoms with Crippen molar-refractivity contribution in [3.05, 3.63) is 33.9 Å². The largest absolute Gasteiger partial charge is 0.493 e. The van der Waals surface area contributed by atoms with Gasteiger partial charge >= 0.3 is 5.97 Å². The number of alkyl halides is 1. The molecule has 0 amide bonds. The number of benzene rings is 1. The Kier molecular flexibility index (Phi) is 6.61. The molecule has 8 heteroatoms. The number of hydrogen-bond acceptors (Lipinski definition) is 5. The Bertz CT molecular complexity index is 545. The number of hydrogen-bond donors (Lipinski definition) is 1. The van der Waals surface area contributed by atoms with E-state index < -0.39 is 28.8 Å². The molecule has 0 unspecified atom stereocenters. The number of Topliss-reactive ketones (excluding diaryl/α,β-unsaturated/α-hetero) is 1. The minimum atomic E-state index is -1.34. The Morgan fingerprint density at radius 1 is 1.33 bits per heavy atom. The predicted octanol–water partition coefficient (Wildman–Crippen LogP) is 2.65. The number of carbonyl (C=O) groups is 2. The van der Waals surface area contributed by atoms with Crippen LogP contribution in [0, 0.1) is 10.1 Å². The summed E-state index contributed by atoms with van der Waals surface area (Å²) in [5.74, 6) is -1.40. The molecule has 0 atom stereocenters. The molecule has 0 fully saturated rings. The molecule has 0 heterocycles. The topological polar surface area (TPSA) is 107 Å². The predicted molar refractivity (Wildman–Crippen MR) is 75.1 cm³/mol. The van der Waals surface area contributed by atoms with Crippen LogP contribution >= 0.6 is 11.6 Å². The second-order valence-electron chi connectivity index (χ2n) is 4.17. The Hall–Kier alpha value is -2.15. The van der Waals surface area contributed by atoms with E-state index in [0.29, 0.717) is 18.9 Å². The van der Waals surface area contributed by atoms with Crippen LogP contribution in [-0.4, -0.2) is 34.3 Å². The number of nitro benzene ring substituents is 1. The Labute approximate surface area is 125 Å². The molecule has 1 N–H and O–H groups in total. The number of unbranched alkanes of at least 4 members (excludes halogenated alkanes) is 1. The first kappa shape index (κ1) is 16.9. The molecule has 1 rings (SSSR count). The highest BCUT2D eigenvalue weighted by molar-refractivity contribution is 6.17. The molecule has 0 saturated carbocycles. The lowest BCUT2D eigenvalue weighted by atomic mass is 10.1. The van der Waals surface area contributed by atoms with E-state index in [1.807, 2.05) is 0 Å². The molecule has 0 aliphatic carbocycles. The number of aliphatic carboxylic acids is 1. The second-order valence-corrected chi connectivity index (χ2v) is 4.55. The lowest BCUT2D eigenvalue weighted by Gasteiger charge is -2.07. The standard InChI is InChI=1S/C13H14ClNO6/c14-5-1-2-6-21-9-3-4-10(11(7-9)15(19)20)12(16)8-13(17)18/h3-4,7H,1-2,5-6,8H2,(H,17,18). The second kappa shape index (κ2) is 8.21. The normalized spacial score (nSPS) is 10.1. The Morgan fingerprint density at radius 3 is 2.62 bits per heavy atom. The Morgan fingerprint density at radius 2 is 2.05 bits per heavy atom. The molecular formula is C13H14ClNO6. The van der Waals surface area contributed by atoms with Crippen LogP contribution in [0.5, 0.6) is 5.75 Å². The van der Waals surface area contributed by atoms with Gasteiger partial charge in [-0.25, -0.2) is 0 Å². The number of nitro groups is 1. The van der Waals surface area contributed by atoms with E-state index in [0.717, 1.165) is 12.5 Å². The van der Waals surface area contributed by atoms with Gasteiger partial charge in [0.05, 0.1) is 23.2 Å². The first-order valence-electron chi connectivity index (χ1n) is 6.18. The Balaban J connectivity index is 2.89. The number of halogens is 1. The van der Waals surface area contributed by atoms with Gasteiger partial charge < -0.3 is 9.84 Å². The van der Waals surface area contributed by atoms with Gasteiger partial charge in [0.25, 0.3) is 5.69 Å². The van der Waals surface area contributed by atoms with Gasteiger partial charge in [0.2, 0.25) is 0 Å². The van der Waals surface area contributed by atoms with Crippen molar-refractivity contribution in [2.75, 3.05) is 12.5 Å². The van der Waals surface area contributed by atoms with Crippen molar-refractivity contribution in [1.82, 2.24) is 0 Å². The van der Waals surface area contributed by atoms with Crippen LogP contribution in [0.25, 0.3) is 0 Å². The highest BCUT2D eigenvalue weighted by Gasteiger charge is 2.22. The highest BCUT2D eigenvalue weighted by atomic mass is 35.5. The molecule has 0 aliphatic heterocycles. The van der Waals surface area contributed by atoms with Gasteiger partial charge in [0, 0.05) is 5.88 Å². The number of ether oxygens (including phenoxy) is 1. The molecule has 21 heavy (non-hydrogen) atoms. The molecule has 0 aliphatic rings. The SMILES string of the molecule is O=C(O)CC(=O)c1ccc(OCCCCCl)cc1[N+](=O)[O-]. The summed E-state index contributed by atoms with van der Waals surface area (Å²) in [6.45, 7) is 0.353. The van der Waals surface area contributed by atoms with Crippen molar-refractivity contribution in [1.29, 1.82) is 0 Å². The van der Waals surface area contributed by atoms with Crippen LogP contribution in [0.3, 0.4) is 0 Å². The van der Waals surface area contributed by atoms with Gasteiger partial charge in [0.1, 0.15) is 12.2 Å². The van der Waals surface area contributed by atoms with Crippen molar-refractivity contribution in [2.24, 2.45) is 0 Å². The van der Waals surface area contributed by atoms with E-state index in [2.05, 4.69) is 0 Å². The lowest BCUT2D eigenvalue weighted by molar-refractivity contribution is -0.385. The van der Waals surface area contributed by atoms with E-state index >= 15 is 0 Å². The maximum absolute atomic E-state index is 11.7. The summed E-state index contributed by atoms with van der Waals surface area (Å²) in [5.41, 5.74) is -0.702. The molecule has 7 nitrogen and oxygen atoms in total. The summed E-state index contributed by atoms with van der Waals surface area (Å²) < 4.78 is 5.32. The van der Waals surface area contributed by atoms with Gasteiger partial charge in [-0.1, -0.05) is 0 Å². The number of nitrogens with zero attached hydrogens (tertiary/aromatic N) is 1. The number of carbonyl (C=O) groups excluding carboxylic acids is 1. The molecule has 1 aromatic carbocycles. The monoisotopic (exact) mass is 315 g/mol. The summed E-state index contributed by atoms with van der Waals surface area (Å²) >= 11 is 5.52. The fraction of sp³-hybridized carbons (Fsp3) is 0.385. The van der Waals surface area contributed by atoms with Crippen molar-refractivity contribution < 1.29 is 24.4 Å². The zero-order valence-corrected chi connectivity index (χ0v) is 11.8. The fourth-order valence-corrected chi connectivity index (χ4v) is 1.80. The van der Waals surface area contributed by atoms with Crippen LogP contribution < -0.4 is 4.74 Å². The fourth-order valence-electron chi connectivity index (χ4n) is 1.61. The molecular weight excluding hydrogens is 302 g/mol. The minimum Gasteiger partial charge on any atom is -0.493 e. The number of carboxylic acids is 1. The molecule has 0 saturated heterocycles. The van der Waals surface area contributed by atoms with Gasteiger partial charge in [-0.05, 0) is 25.0 Å². The number of rotatable bonds is 9. The van der Waals surface area contributed by atoms with E-state index in [9.17, 15) is 19.7 Å². The average molecular weight is 316 g/mol. The summed E-state index contributed by atoms with van der Waals surface area (Å²) in [6, 6.07) is 3.73. The molecule has 0 bridgehead atoms. The zero-order chi connectivity index (χ0) is 15.8. The van der Waals surface area contributed by atoms with E-state index in [-0.39, 0.29) is 11.3 Å². The summed E-state index contributed by atoms with van der Waals surface area (Å²) in [6.07, 6.45) is 0.673. The van der Waals surface area contributed by atoms with Crippen LogP contribution in [0.2, 0.25) is 0 Å². The summed E-state index contributed by atoms with van der Waals surface area (Å²) in [5, 5.41) is 19.5. The van der Waals surface area contributed by atoms with Gasteiger partial charge in [-0.15, -0.1) is 11.6 Å². The lowest BCUT2D eigenvalue weighted by Crippen LogP contribution is -2.09. The van der Waals surface area contributed by atoms with Crippen LogP contribution in [0.4, 0.5) is 5.69 Å². The van der Waals surface area contributed by atoms with Gasteiger partial charge in [-0.2, -0.15) is 0 Å². The van der Waals surface area contributed by atoms with Crippen LogP contribution in [-0.2, 0) is 4.79 Å². The van der Waals surface area contributed by atoms with Gasteiger partial charge in [-0.3, -0.25) is 19.7 Å². The van der Waals surface area contributed by atoms with Crippen molar-refractivity contribution in [3.63, 3.8) is 0 Å². The minimum absolute atomic E-state index is 0.240.